The number of nitriles is 1. The van der Waals surface area contributed by atoms with E-state index in [-0.39, 0.29) is 6.73 Å². The van der Waals surface area contributed by atoms with Gasteiger partial charge in [-0.05, 0) is 68.6 Å². The first-order chi connectivity index (χ1) is 20.2. The summed E-state index contributed by atoms with van der Waals surface area (Å²) in [7, 11) is 0.619. The van der Waals surface area contributed by atoms with Gasteiger partial charge in [0.1, 0.15) is 24.3 Å². The standard InChI is InChI=1S/C23H30FN5O2Si.C5H2BrFN2O2/c1-16(30)22-11-18(24)6-7-21(22)23-17(14-26-28(23)2)10-19-12-20(13-25)29(27-19)15-31-8-9-32(3,4)5;6-3-1-4(7)5(8-2-3)9(10)11/h6-7,11-12,14,16,30H,8-10,15H2,1-5H3;1-2H. The third kappa shape index (κ3) is 9.32. The number of halogens is 3. The molecule has 0 bridgehead atoms. The van der Waals surface area contributed by atoms with Crippen molar-refractivity contribution in [3.05, 3.63) is 91.5 Å². The van der Waals surface area contributed by atoms with Gasteiger partial charge in [-0.2, -0.15) is 19.8 Å². The number of pyridine rings is 1. The number of hydrogen-bond donors (Lipinski definition) is 1. The van der Waals surface area contributed by atoms with E-state index in [1.165, 1.54) is 18.3 Å². The van der Waals surface area contributed by atoms with E-state index >= 15 is 0 Å². The van der Waals surface area contributed by atoms with Gasteiger partial charge >= 0.3 is 5.82 Å². The van der Waals surface area contributed by atoms with Gasteiger partial charge in [0.2, 0.25) is 5.82 Å². The summed E-state index contributed by atoms with van der Waals surface area (Å²) in [4.78, 5) is 12.4. The largest absolute Gasteiger partial charge is 0.399 e. The highest BCUT2D eigenvalue weighted by molar-refractivity contribution is 9.10. The van der Waals surface area contributed by atoms with Crippen LogP contribution in [0.5, 0.6) is 0 Å². The highest BCUT2D eigenvalue weighted by Gasteiger charge is 2.20. The van der Waals surface area contributed by atoms with Crippen molar-refractivity contribution in [3.63, 3.8) is 0 Å². The summed E-state index contributed by atoms with van der Waals surface area (Å²) in [6, 6.07) is 10.3. The molecule has 3 heterocycles. The molecule has 0 aliphatic heterocycles. The molecule has 3 aromatic heterocycles. The summed E-state index contributed by atoms with van der Waals surface area (Å²) in [6.45, 7) is 9.36. The number of aryl methyl sites for hydroxylation is 1. The van der Waals surface area contributed by atoms with E-state index in [4.69, 9.17) is 4.74 Å². The Hall–Kier alpha value is -3.84. The lowest BCUT2D eigenvalue weighted by atomic mass is 9.96. The van der Waals surface area contributed by atoms with Crippen LogP contribution < -0.4 is 0 Å². The molecule has 1 N–H and O–H groups in total. The van der Waals surface area contributed by atoms with Crippen molar-refractivity contribution in [2.75, 3.05) is 6.61 Å². The maximum atomic E-state index is 13.8. The van der Waals surface area contributed by atoms with E-state index in [1.807, 2.05) is 0 Å². The predicted molar refractivity (Wildman–Crippen MR) is 162 cm³/mol. The van der Waals surface area contributed by atoms with Gasteiger partial charge in [-0.15, -0.1) is 0 Å². The number of ether oxygens (including phenoxy) is 1. The molecule has 15 heteroatoms. The molecule has 11 nitrogen and oxygen atoms in total. The minimum Gasteiger partial charge on any atom is -0.389 e. The van der Waals surface area contributed by atoms with Gasteiger partial charge in [0.15, 0.2) is 6.20 Å². The first kappa shape index (κ1) is 33.7. The van der Waals surface area contributed by atoms with Gasteiger partial charge in [0.05, 0.1) is 28.2 Å². The Labute approximate surface area is 257 Å². The first-order valence-electron chi connectivity index (χ1n) is 13.2. The summed E-state index contributed by atoms with van der Waals surface area (Å²) in [6.07, 6.45) is 2.51. The topological polar surface area (TPSA) is 145 Å². The molecule has 1 aromatic carbocycles. The van der Waals surface area contributed by atoms with Gasteiger partial charge in [0, 0.05) is 45.3 Å². The molecule has 0 radical (unpaired) electrons. The molecule has 1 unspecified atom stereocenters. The van der Waals surface area contributed by atoms with Crippen molar-refractivity contribution in [3.8, 4) is 17.3 Å². The van der Waals surface area contributed by atoms with Gasteiger partial charge in [-0.3, -0.25) is 4.68 Å². The van der Waals surface area contributed by atoms with Gasteiger partial charge < -0.3 is 20.0 Å². The quantitative estimate of drug-likeness (QED) is 0.0913. The van der Waals surface area contributed by atoms with Crippen molar-refractivity contribution in [1.82, 2.24) is 24.5 Å². The van der Waals surface area contributed by atoms with Crippen LogP contribution in [0.1, 0.15) is 35.5 Å². The molecule has 0 amide bonds. The molecule has 43 heavy (non-hydrogen) atoms. The summed E-state index contributed by atoms with van der Waals surface area (Å²) >= 11 is 2.92. The molecule has 0 aliphatic carbocycles. The Bertz CT molecular complexity index is 1630. The molecule has 0 aliphatic rings. The maximum absolute atomic E-state index is 13.8. The van der Waals surface area contributed by atoms with E-state index in [1.54, 1.807) is 41.7 Å². The smallest absolute Gasteiger partial charge is 0.389 e. The van der Waals surface area contributed by atoms with E-state index in [9.17, 15) is 29.3 Å². The van der Waals surface area contributed by atoms with Crippen molar-refractivity contribution >= 4 is 29.8 Å². The zero-order chi connectivity index (χ0) is 31.9. The summed E-state index contributed by atoms with van der Waals surface area (Å²) in [5.41, 5.74) is 4.00. The molecule has 0 saturated carbocycles. The van der Waals surface area contributed by atoms with Crippen molar-refractivity contribution in [2.24, 2.45) is 7.05 Å². The number of rotatable bonds is 10. The Morgan fingerprint density at radius 2 is 1.95 bits per heavy atom. The monoisotopic (exact) mass is 675 g/mol. The normalized spacial score (nSPS) is 11.9. The average Bonchev–Trinajstić information content (AvgIpc) is 3.48. The van der Waals surface area contributed by atoms with Crippen molar-refractivity contribution in [1.29, 1.82) is 5.26 Å². The number of aliphatic hydroxyl groups excluding tert-OH is 1. The Morgan fingerprint density at radius 3 is 2.56 bits per heavy atom. The lowest BCUT2D eigenvalue weighted by Gasteiger charge is -2.15. The fourth-order valence-corrected chi connectivity index (χ4v) is 5.13. The minimum absolute atomic E-state index is 0.234. The van der Waals surface area contributed by atoms with E-state index in [2.05, 4.69) is 56.8 Å². The molecule has 228 valence electrons. The number of hydrogen-bond acceptors (Lipinski definition) is 8. The Morgan fingerprint density at radius 1 is 1.23 bits per heavy atom. The molecule has 4 rings (SSSR count). The molecular formula is C28H32BrF2N7O4Si. The molecule has 0 saturated heterocycles. The third-order valence-corrected chi connectivity index (χ3v) is 8.36. The number of nitro groups is 1. The fourth-order valence-electron chi connectivity index (χ4n) is 4.07. The molecule has 0 spiro atoms. The van der Waals surface area contributed by atoms with Gasteiger partial charge in [-0.1, -0.05) is 19.6 Å². The van der Waals surface area contributed by atoms with Crippen LogP contribution in [0, 0.1) is 33.1 Å². The summed E-state index contributed by atoms with van der Waals surface area (Å²) in [5.74, 6) is -2.10. The highest BCUT2D eigenvalue weighted by atomic mass is 79.9. The molecular weight excluding hydrogens is 644 g/mol. The zero-order valence-corrected chi connectivity index (χ0v) is 27.0. The van der Waals surface area contributed by atoms with Crippen molar-refractivity contribution < 1.29 is 23.5 Å². The maximum Gasteiger partial charge on any atom is 0.399 e. The summed E-state index contributed by atoms with van der Waals surface area (Å²) in [5, 5.41) is 38.6. The number of nitrogens with zero attached hydrogens (tertiary/aromatic N) is 7. The Kier molecular flexibility index (Phi) is 11.4. The number of aliphatic hydroxyl groups is 1. The van der Waals surface area contributed by atoms with E-state index in [0.717, 1.165) is 23.4 Å². The highest BCUT2D eigenvalue weighted by Crippen LogP contribution is 2.32. The predicted octanol–water partition coefficient (Wildman–Crippen LogP) is 6.14. The van der Waals surface area contributed by atoms with Crippen LogP contribution in [0.25, 0.3) is 11.3 Å². The first-order valence-corrected chi connectivity index (χ1v) is 17.7. The van der Waals surface area contributed by atoms with E-state index in [0.29, 0.717) is 40.0 Å². The summed E-state index contributed by atoms with van der Waals surface area (Å²) < 4.78 is 35.8. The van der Waals surface area contributed by atoms with Crippen LogP contribution in [0.4, 0.5) is 14.6 Å². The van der Waals surface area contributed by atoms with E-state index < -0.39 is 36.6 Å². The van der Waals surface area contributed by atoms with Crippen molar-refractivity contribution in [2.45, 2.75) is 51.9 Å². The third-order valence-electron chi connectivity index (χ3n) is 6.22. The second kappa shape index (κ2) is 14.6. The molecule has 4 aromatic rings. The number of aromatic nitrogens is 5. The van der Waals surface area contributed by atoms with Crippen LogP contribution in [-0.2, 0) is 24.9 Å². The van der Waals surface area contributed by atoms with Gasteiger partial charge in [0.25, 0.3) is 0 Å². The van der Waals surface area contributed by atoms with Gasteiger partial charge in [-0.25, -0.2) is 9.07 Å². The second-order valence-corrected chi connectivity index (χ2v) is 17.5. The van der Waals surface area contributed by atoms with Crippen LogP contribution >= 0.6 is 15.9 Å². The second-order valence-electron chi connectivity index (χ2n) is 10.9. The SMILES string of the molecule is CC(O)c1cc(F)ccc1-c1c(Cc2cc(C#N)n(COCC[Si](C)(C)C)n2)cnn1C.O=[N+]([O-])c1ncc(Br)cc1F. The molecule has 0 fully saturated rings. The lowest BCUT2D eigenvalue weighted by molar-refractivity contribution is -0.392. The number of benzene rings is 1. The minimum atomic E-state index is -1.19. The van der Waals surface area contributed by atoms with Crippen LogP contribution in [0.15, 0.2) is 47.2 Å². The van der Waals surface area contributed by atoms with Crippen LogP contribution in [0.2, 0.25) is 25.7 Å². The molecule has 1 atom stereocenters. The van der Waals surface area contributed by atoms with Crippen LogP contribution in [0.3, 0.4) is 0 Å². The average molecular weight is 677 g/mol. The zero-order valence-electron chi connectivity index (χ0n) is 24.4. The fraction of sp³-hybridized carbons (Fsp3) is 0.357. The lowest BCUT2D eigenvalue weighted by Crippen LogP contribution is -2.22. The van der Waals surface area contributed by atoms with Crippen LogP contribution in [-0.4, -0.2) is 49.3 Å². The Balaban J connectivity index is 0.000000386.